The van der Waals surface area contributed by atoms with Crippen molar-refractivity contribution in [2.75, 3.05) is 29.5 Å². The molecule has 2 aromatic rings. The third-order valence-electron chi connectivity index (χ3n) is 5.37. The van der Waals surface area contributed by atoms with Crippen molar-refractivity contribution < 1.29 is 4.79 Å². The molecule has 0 aromatic heterocycles. The van der Waals surface area contributed by atoms with Crippen molar-refractivity contribution in [3.8, 4) is 0 Å². The molecule has 0 atom stereocenters. The van der Waals surface area contributed by atoms with Crippen LogP contribution in [0.5, 0.6) is 0 Å². The van der Waals surface area contributed by atoms with Crippen molar-refractivity contribution in [3.05, 3.63) is 42.5 Å². The molecule has 1 heterocycles. The van der Waals surface area contributed by atoms with E-state index in [4.69, 9.17) is 11.5 Å². The number of nitrogens with zero attached hydrogens (tertiary/aromatic N) is 1. The maximum Gasteiger partial charge on any atom is 0.139 e. The molecule has 1 saturated heterocycles. The summed E-state index contributed by atoms with van der Waals surface area (Å²) in [4.78, 5) is 16.9. The predicted molar refractivity (Wildman–Crippen MR) is 108 cm³/mol. The van der Waals surface area contributed by atoms with E-state index in [1.54, 1.807) is 11.8 Å². The summed E-state index contributed by atoms with van der Waals surface area (Å²) in [5.41, 5.74) is 14.1. The Morgan fingerprint density at radius 1 is 0.846 bits per heavy atom. The number of hydrogen-bond acceptors (Lipinski definition) is 5. The average Bonchev–Trinajstić information content (AvgIpc) is 3.50. The van der Waals surface area contributed by atoms with E-state index in [1.807, 2.05) is 18.2 Å². The van der Waals surface area contributed by atoms with E-state index >= 15 is 0 Å². The van der Waals surface area contributed by atoms with Gasteiger partial charge in [0.25, 0.3) is 0 Å². The zero-order valence-electron chi connectivity index (χ0n) is 14.9. The summed E-state index contributed by atoms with van der Waals surface area (Å²) in [6.07, 6.45) is 4.24. The van der Waals surface area contributed by atoms with Crippen LogP contribution < -0.4 is 16.4 Å². The van der Waals surface area contributed by atoms with Crippen LogP contribution in [-0.2, 0) is 4.79 Å². The molecule has 0 spiro atoms. The van der Waals surface area contributed by atoms with Gasteiger partial charge in [-0.05, 0) is 68.1 Å². The fourth-order valence-electron chi connectivity index (χ4n) is 3.60. The predicted octanol–water partition coefficient (Wildman–Crippen LogP) is 4.20. The quantitative estimate of drug-likeness (QED) is 0.775. The molecule has 0 unspecified atom stereocenters. The number of piperidine rings is 1. The molecule has 1 saturated carbocycles. The highest BCUT2D eigenvalue weighted by atomic mass is 32.2. The highest BCUT2D eigenvalue weighted by Gasteiger charge is 2.36. The van der Waals surface area contributed by atoms with E-state index in [2.05, 4.69) is 29.2 Å². The highest BCUT2D eigenvalue weighted by Crippen LogP contribution is 2.36. The summed E-state index contributed by atoms with van der Waals surface area (Å²) in [6, 6.07) is 14.4. The lowest BCUT2D eigenvalue weighted by Gasteiger charge is -2.33. The van der Waals surface area contributed by atoms with Crippen molar-refractivity contribution in [1.82, 2.24) is 0 Å². The van der Waals surface area contributed by atoms with E-state index in [9.17, 15) is 4.79 Å². The van der Waals surface area contributed by atoms with E-state index in [-0.39, 0.29) is 0 Å². The Bertz CT molecular complexity index is 793. The van der Waals surface area contributed by atoms with Crippen LogP contribution in [0.3, 0.4) is 0 Å². The Morgan fingerprint density at radius 2 is 1.46 bits per heavy atom. The van der Waals surface area contributed by atoms with E-state index in [1.165, 1.54) is 10.6 Å². The van der Waals surface area contributed by atoms with Crippen LogP contribution in [0.4, 0.5) is 17.1 Å². The van der Waals surface area contributed by atoms with Crippen LogP contribution >= 0.6 is 11.8 Å². The molecule has 2 fully saturated rings. The number of carbonyl (C=O) groups excluding carboxylic acids is 1. The molecule has 26 heavy (non-hydrogen) atoms. The summed E-state index contributed by atoms with van der Waals surface area (Å²) in [5.74, 6) is 1.22. The van der Waals surface area contributed by atoms with E-state index in [0.29, 0.717) is 29.0 Å². The Hall–Kier alpha value is -2.14. The molecule has 2 aromatic carbocycles. The number of Topliss-reactive ketones (excluding diaryl/α,β-unsaturated/α-hetero) is 1. The second-order valence-electron chi connectivity index (χ2n) is 7.32. The van der Waals surface area contributed by atoms with Crippen LogP contribution in [0.2, 0.25) is 0 Å². The first kappa shape index (κ1) is 17.3. The monoisotopic (exact) mass is 367 g/mol. The second kappa shape index (κ2) is 7.23. The average molecular weight is 368 g/mol. The first-order valence-corrected chi connectivity index (χ1v) is 10.1. The second-order valence-corrected chi connectivity index (χ2v) is 8.47. The maximum atomic E-state index is 12.2. The standard InChI is InChI=1S/C21H25N3OS/c22-19-8-7-18(13-20(19)23)26-17-5-3-16(4-6-17)24-11-9-15(10-12-24)21(25)14-1-2-14/h3-8,13-15H,1-2,9-12,22-23H2. The molecule has 2 aliphatic rings. The lowest BCUT2D eigenvalue weighted by molar-refractivity contribution is -0.124. The van der Waals surface area contributed by atoms with Crippen LogP contribution in [-0.4, -0.2) is 18.9 Å². The van der Waals surface area contributed by atoms with Gasteiger partial charge in [-0.15, -0.1) is 0 Å². The summed E-state index contributed by atoms with van der Waals surface area (Å²) < 4.78 is 0. The zero-order chi connectivity index (χ0) is 18.1. The number of ketones is 1. The molecule has 5 heteroatoms. The number of hydrogen-bond donors (Lipinski definition) is 2. The van der Waals surface area contributed by atoms with Crippen molar-refractivity contribution >= 4 is 34.6 Å². The van der Waals surface area contributed by atoms with Crippen molar-refractivity contribution in [3.63, 3.8) is 0 Å². The van der Waals surface area contributed by atoms with Crippen LogP contribution in [0, 0.1) is 11.8 Å². The minimum absolute atomic E-state index is 0.296. The summed E-state index contributed by atoms with van der Waals surface area (Å²) in [7, 11) is 0. The Morgan fingerprint density at radius 3 is 2.08 bits per heavy atom. The molecule has 1 aliphatic heterocycles. The zero-order valence-corrected chi connectivity index (χ0v) is 15.7. The number of nitrogens with two attached hydrogens (primary N) is 2. The molecule has 0 radical (unpaired) electrons. The van der Waals surface area contributed by atoms with Crippen LogP contribution in [0.1, 0.15) is 25.7 Å². The summed E-state index contributed by atoms with van der Waals surface area (Å²) in [6.45, 7) is 1.95. The van der Waals surface area contributed by atoms with Gasteiger partial charge in [-0.25, -0.2) is 0 Å². The molecule has 136 valence electrons. The molecule has 4 nitrogen and oxygen atoms in total. The van der Waals surface area contributed by atoms with Gasteiger partial charge in [-0.1, -0.05) is 11.8 Å². The van der Waals surface area contributed by atoms with Gasteiger partial charge >= 0.3 is 0 Å². The van der Waals surface area contributed by atoms with Gasteiger partial charge < -0.3 is 16.4 Å². The molecule has 1 aliphatic carbocycles. The normalized spacial score (nSPS) is 18.1. The first-order valence-electron chi connectivity index (χ1n) is 9.32. The fourth-order valence-corrected chi connectivity index (χ4v) is 4.47. The van der Waals surface area contributed by atoms with E-state index < -0.39 is 0 Å². The third kappa shape index (κ3) is 3.83. The van der Waals surface area contributed by atoms with Gasteiger partial charge in [0.2, 0.25) is 0 Å². The van der Waals surface area contributed by atoms with Crippen molar-refractivity contribution in [1.29, 1.82) is 0 Å². The van der Waals surface area contributed by atoms with Crippen molar-refractivity contribution in [2.24, 2.45) is 11.8 Å². The molecule has 0 bridgehead atoms. The molecular weight excluding hydrogens is 342 g/mol. The fraction of sp³-hybridized carbons (Fsp3) is 0.381. The van der Waals surface area contributed by atoms with Crippen LogP contribution in [0.25, 0.3) is 0 Å². The highest BCUT2D eigenvalue weighted by molar-refractivity contribution is 7.99. The number of anilines is 3. The molecule has 4 N–H and O–H groups in total. The van der Waals surface area contributed by atoms with Crippen LogP contribution in [0.15, 0.2) is 52.3 Å². The van der Waals surface area contributed by atoms with Gasteiger partial charge in [0, 0.05) is 40.4 Å². The van der Waals surface area contributed by atoms with E-state index in [0.717, 1.165) is 43.7 Å². The Kier molecular flexibility index (Phi) is 4.81. The molecular formula is C21H25N3OS. The van der Waals surface area contributed by atoms with Gasteiger partial charge in [0.05, 0.1) is 11.4 Å². The van der Waals surface area contributed by atoms with Gasteiger partial charge in [-0.2, -0.15) is 0 Å². The number of rotatable bonds is 5. The smallest absolute Gasteiger partial charge is 0.139 e. The number of nitrogen functional groups attached to an aromatic ring is 2. The summed E-state index contributed by atoms with van der Waals surface area (Å²) in [5, 5.41) is 0. The largest absolute Gasteiger partial charge is 0.397 e. The topological polar surface area (TPSA) is 72.3 Å². The summed E-state index contributed by atoms with van der Waals surface area (Å²) >= 11 is 1.68. The van der Waals surface area contributed by atoms with Crippen molar-refractivity contribution in [2.45, 2.75) is 35.5 Å². The number of carbonyl (C=O) groups is 1. The molecule has 0 amide bonds. The maximum absolute atomic E-state index is 12.2. The lowest BCUT2D eigenvalue weighted by Crippen LogP contribution is -2.36. The molecule has 4 rings (SSSR count). The SMILES string of the molecule is Nc1ccc(Sc2ccc(N3CCC(C(=O)C4CC4)CC3)cc2)cc1N. The lowest BCUT2D eigenvalue weighted by atomic mass is 9.90. The number of benzene rings is 2. The minimum Gasteiger partial charge on any atom is -0.397 e. The Labute approximate surface area is 158 Å². The minimum atomic E-state index is 0.296. The third-order valence-corrected chi connectivity index (χ3v) is 6.37. The first-order chi connectivity index (χ1) is 12.6. The van der Waals surface area contributed by atoms with Gasteiger partial charge in [0.15, 0.2) is 0 Å². The van der Waals surface area contributed by atoms with Gasteiger partial charge in [-0.3, -0.25) is 4.79 Å². The van der Waals surface area contributed by atoms with Gasteiger partial charge in [0.1, 0.15) is 5.78 Å². The Balaban J connectivity index is 1.35.